The Morgan fingerprint density at radius 1 is 1.12 bits per heavy atom. The van der Waals surface area contributed by atoms with Crippen molar-refractivity contribution in [1.82, 2.24) is 10.2 Å². The topological polar surface area (TPSA) is 55.3 Å². The number of para-hydroxylation sites is 2. The molecule has 0 aliphatic carbocycles. The third-order valence-corrected chi connectivity index (χ3v) is 4.02. The predicted octanol–water partition coefficient (Wildman–Crippen LogP) is 3.32. The van der Waals surface area contributed by atoms with E-state index in [2.05, 4.69) is 10.2 Å². The van der Waals surface area contributed by atoms with Crippen molar-refractivity contribution in [3.63, 3.8) is 0 Å². The SMILES string of the molecule is O=C(c1cnnc(-c2ccc(F)cc2)c1)N1CCOc2ccccc21. The smallest absolute Gasteiger partial charge is 0.260 e. The third kappa shape index (κ3) is 2.94. The van der Waals surface area contributed by atoms with E-state index in [1.54, 1.807) is 23.1 Å². The second kappa shape index (κ2) is 6.32. The molecule has 2 aromatic carbocycles. The predicted molar refractivity (Wildman–Crippen MR) is 91.0 cm³/mol. The maximum Gasteiger partial charge on any atom is 0.260 e. The summed E-state index contributed by atoms with van der Waals surface area (Å²) in [4.78, 5) is 14.6. The molecule has 6 heteroatoms. The van der Waals surface area contributed by atoms with E-state index < -0.39 is 0 Å². The quantitative estimate of drug-likeness (QED) is 0.721. The molecule has 3 aromatic rings. The molecule has 1 aliphatic heterocycles. The molecule has 0 fully saturated rings. The maximum absolute atomic E-state index is 13.1. The van der Waals surface area contributed by atoms with Crippen LogP contribution in [-0.2, 0) is 0 Å². The Morgan fingerprint density at radius 3 is 2.76 bits per heavy atom. The molecule has 1 aliphatic rings. The summed E-state index contributed by atoms with van der Waals surface area (Å²) >= 11 is 0. The lowest BCUT2D eigenvalue weighted by atomic mass is 10.1. The molecule has 4 rings (SSSR count). The summed E-state index contributed by atoms with van der Waals surface area (Å²) < 4.78 is 18.7. The zero-order chi connectivity index (χ0) is 17.2. The average molecular weight is 335 g/mol. The second-order valence-corrected chi connectivity index (χ2v) is 5.61. The first kappa shape index (κ1) is 15.3. The Kier molecular flexibility index (Phi) is 3.85. The molecular weight excluding hydrogens is 321 g/mol. The first-order valence-electron chi connectivity index (χ1n) is 7.85. The molecule has 1 aromatic heterocycles. The van der Waals surface area contributed by atoms with Gasteiger partial charge in [-0.1, -0.05) is 12.1 Å². The molecule has 0 N–H and O–H groups in total. The zero-order valence-corrected chi connectivity index (χ0v) is 13.2. The minimum Gasteiger partial charge on any atom is -0.490 e. The number of benzene rings is 2. The van der Waals surface area contributed by atoms with Crippen molar-refractivity contribution in [2.45, 2.75) is 0 Å². The highest BCUT2D eigenvalue weighted by atomic mass is 19.1. The van der Waals surface area contributed by atoms with Gasteiger partial charge in [-0.05, 0) is 42.5 Å². The van der Waals surface area contributed by atoms with Gasteiger partial charge in [0.15, 0.2) is 0 Å². The van der Waals surface area contributed by atoms with Crippen molar-refractivity contribution in [3.05, 3.63) is 72.2 Å². The van der Waals surface area contributed by atoms with E-state index in [-0.39, 0.29) is 11.7 Å². The van der Waals surface area contributed by atoms with Crippen LogP contribution in [0.5, 0.6) is 5.75 Å². The van der Waals surface area contributed by atoms with Gasteiger partial charge in [-0.25, -0.2) is 4.39 Å². The molecule has 25 heavy (non-hydrogen) atoms. The molecule has 0 unspecified atom stereocenters. The average Bonchev–Trinajstić information content (AvgIpc) is 2.68. The van der Waals surface area contributed by atoms with Crippen LogP contribution in [-0.4, -0.2) is 29.3 Å². The van der Waals surface area contributed by atoms with Crippen LogP contribution in [0, 0.1) is 5.82 Å². The summed E-state index contributed by atoms with van der Waals surface area (Å²) in [5, 5.41) is 7.98. The van der Waals surface area contributed by atoms with Crippen LogP contribution in [0.15, 0.2) is 60.8 Å². The van der Waals surface area contributed by atoms with Crippen molar-refractivity contribution >= 4 is 11.6 Å². The van der Waals surface area contributed by atoms with E-state index in [0.29, 0.717) is 35.7 Å². The fourth-order valence-corrected chi connectivity index (χ4v) is 2.78. The number of hydrogen-bond acceptors (Lipinski definition) is 4. The standard InChI is InChI=1S/C19H14FN3O2/c20-15-7-5-13(6-8-15)16-11-14(12-21-22-16)19(24)23-9-10-25-18-4-2-1-3-17(18)23/h1-8,11-12H,9-10H2. The van der Waals surface area contributed by atoms with Crippen molar-refractivity contribution in [3.8, 4) is 17.0 Å². The van der Waals surface area contributed by atoms with E-state index in [0.717, 1.165) is 5.69 Å². The molecule has 0 saturated heterocycles. The number of carbonyl (C=O) groups is 1. The van der Waals surface area contributed by atoms with Crippen LogP contribution in [0.4, 0.5) is 10.1 Å². The number of amides is 1. The van der Waals surface area contributed by atoms with E-state index >= 15 is 0 Å². The first-order chi connectivity index (χ1) is 12.2. The van der Waals surface area contributed by atoms with Crippen molar-refractivity contribution in [2.24, 2.45) is 0 Å². The molecule has 5 nitrogen and oxygen atoms in total. The molecule has 1 amide bonds. The number of nitrogens with zero attached hydrogens (tertiary/aromatic N) is 3. The number of anilines is 1. The highest BCUT2D eigenvalue weighted by Crippen LogP contribution is 2.32. The normalized spacial score (nSPS) is 13.1. The Bertz CT molecular complexity index is 928. The van der Waals surface area contributed by atoms with Gasteiger partial charge in [-0.3, -0.25) is 4.79 Å². The van der Waals surface area contributed by atoms with E-state index in [1.807, 2.05) is 24.3 Å². The van der Waals surface area contributed by atoms with Crippen molar-refractivity contribution in [1.29, 1.82) is 0 Å². The lowest BCUT2D eigenvalue weighted by Gasteiger charge is -2.29. The van der Waals surface area contributed by atoms with Gasteiger partial charge >= 0.3 is 0 Å². The monoisotopic (exact) mass is 335 g/mol. The summed E-state index contributed by atoms with van der Waals surface area (Å²) in [5.41, 5.74) is 2.38. The second-order valence-electron chi connectivity index (χ2n) is 5.61. The van der Waals surface area contributed by atoms with Gasteiger partial charge in [-0.2, -0.15) is 10.2 Å². The van der Waals surface area contributed by atoms with Gasteiger partial charge in [0.25, 0.3) is 5.91 Å². The number of rotatable bonds is 2. The summed E-state index contributed by atoms with van der Waals surface area (Å²) in [6.07, 6.45) is 1.44. The fourth-order valence-electron chi connectivity index (χ4n) is 2.78. The summed E-state index contributed by atoms with van der Waals surface area (Å²) in [6.45, 7) is 0.899. The molecule has 0 spiro atoms. The van der Waals surface area contributed by atoms with E-state index in [9.17, 15) is 9.18 Å². The molecular formula is C19H14FN3O2. The lowest BCUT2D eigenvalue weighted by Crippen LogP contribution is -2.38. The van der Waals surface area contributed by atoms with Crippen LogP contribution in [0.1, 0.15) is 10.4 Å². The van der Waals surface area contributed by atoms with Crippen LogP contribution in [0.2, 0.25) is 0 Å². The Hall–Kier alpha value is -3.28. The molecule has 0 saturated carbocycles. The van der Waals surface area contributed by atoms with Gasteiger partial charge in [0, 0.05) is 5.56 Å². The minimum absolute atomic E-state index is 0.172. The van der Waals surface area contributed by atoms with E-state index in [1.165, 1.54) is 18.3 Å². The highest BCUT2D eigenvalue weighted by molar-refractivity contribution is 6.07. The van der Waals surface area contributed by atoms with Gasteiger partial charge < -0.3 is 9.64 Å². The summed E-state index contributed by atoms with van der Waals surface area (Å²) in [7, 11) is 0. The fraction of sp³-hybridized carbons (Fsp3) is 0.105. The Labute approximate surface area is 143 Å². The maximum atomic E-state index is 13.1. The Balaban J connectivity index is 1.68. The molecule has 0 radical (unpaired) electrons. The number of aromatic nitrogens is 2. The molecule has 0 atom stereocenters. The first-order valence-corrected chi connectivity index (χ1v) is 7.85. The van der Waals surface area contributed by atoms with E-state index in [4.69, 9.17) is 4.74 Å². The van der Waals surface area contributed by atoms with Crippen LogP contribution < -0.4 is 9.64 Å². The number of halogens is 1. The number of fused-ring (bicyclic) bond motifs is 1. The van der Waals surface area contributed by atoms with Gasteiger partial charge in [0.05, 0.1) is 29.7 Å². The van der Waals surface area contributed by atoms with Gasteiger partial charge in [0.2, 0.25) is 0 Å². The summed E-state index contributed by atoms with van der Waals surface area (Å²) in [5.74, 6) is 0.186. The third-order valence-electron chi connectivity index (χ3n) is 4.02. The summed E-state index contributed by atoms with van der Waals surface area (Å²) in [6, 6.07) is 15.0. The molecule has 124 valence electrons. The van der Waals surface area contributed by atoms with Crippen LogP contribution in [0.3, 0.4) is 0 Å². The lowest BCUT2D eigenvalue weighted by molar-refractivity contribution is 0.0976. The number of ether oxygens (including phenoxy) is 1. The van der Waals surface area contributed by atoms with Gasteiger partial charge in [0.1, 0.15) is 18.2 Å². The Morgan fingerprint density at radius 2 is 1.92 bits per heavy atom. The van der Waals surface area contributed by atoms with Gasteiger partial charge in [-0.15, -0.1) is 0 Å². The zero-order valence-electron chi connectivity index (χ0n) is 13.2. The number of carbonyl (C=O) groups excluding carboxylic acids is 1. The van der Waals surface area contributed by atoms with Crippen LogP contribution >= 0.6 is 0 Å². The minimum atomic E-state index is -0.325. The van der Waals surface area contributed by atoms with Crippen LogP contribution in [0.25, 0.3) is 11.3 Å². The highest BCUT2D eigenvalue weighted by Gasteiger charge is 2.25. The molecule has 2 heterocycles. The molecule has 0 bridgehead atoms. The van der Waals surface area contributed by atoms with Crippen molar-refractivity contribution in [2.75, 3.05) is 18.1 Å². The number of hydrogen-bond donors (Lipinski definition) is 0. The largest absolute Gasteiger partial charge is 0.490 e. The van der Waals surface area contributed by atoms with Crippen molar-refractivity contribution < 1.29 is 13.9 Å².